The average molecular weight is 198 g/mol. The Morgan fingerprint density at radius 2 is 1.85 bits per heavy atom. The Bertz CT molecular complexity index is 198. The summed E-state index contributed by atoms with van der Waals surface area (Å²) in [6, 6.07) is 0. The molecular weight excluding hydrogens is 175 g/mol. The quantitative estimate of drug-likeness (QED) is 0.477. The standard InChI is InChI=1S/C12H23P/c1-7-9-12(6,13)11(5,8-2)10(3)4/h1,10H,8-9,13H2,2-6H3. The smallest absolute Gasteiger partial charge is 0.0180 e. The number of terminal acetylenes is 1. The maximum Gasteiger partial charge on any atom is 0.0180 e. The third kappa shape index (κ3) is 2.47. The topological polar surface area (TPSA) is 0 Å². The van der Waals surface area contributed by atoms with Crippen LogP contribution >= 0.6 is 9.24 Å². The Morgan fingerprint density at radius 3 is 2.08 bits per heavy atom. The molecule has 1 heteroatoms. The van der Waals surface area contributed by atoms with E-state index in [0.717, 1.165) is 6.42 Å². The van der Waals surface area contributed by atoms with Crippen molar-refractivity contribution in [2.24, 2.45) is 11.3 Å². The van der Waals surface area contributed by atoms with E-state index in [9.17, 15) is 0 Å². The van der Waals surface area contributed by atoms with Crippen LogP contribution in [0.1, 0.15) is 47.5 Å². The summed E-state index contributed by atoms with van der Waals surface area (Å²) in [5.41, 5.74) is 0.310. The van der Waals surface area contributed by atoms with Gasteiger partial charge in [0.1, 0.15) is 0 Å². The summed E-state index contributed by atoms with van der Waals surface area (Å²) in [5.74, 6) is 3.44. The van der Waals surface area contributed by atoms with E-state index in [-0.39, 0.29) is 5.16 Å². The van der Waals surface area contributed by atoms with Gasteiger partial charge in [0.25, 0.3) is 0 Å². The molecule has 0 N–H and O–H groups in total. The normalized spacial score (nSPS) is 20.5. The Labute approximate surface area is 86.1 Å². The molecule has 0 saturated carbocycles. The Morgan fingerprint density at radius 1 is 1.38 bits per heavy atom. The van der Waals surface area contributed by atoms with E-state index in [1.807, 2.05) is 0 Å². The molecule has 0 spiro atoms. The van der Waals surface area contributed by atoms with Gasteiger partial charge in [-0.05, 0) is 22.9 Å². The summed E-state index contributed by atoms with van der Waals surface area (Å²) >= 11 is 0. The first kappa shape index (κ1) is 13.0. The van der Waals surface area contributed by atoms with Crippen LogP contribution in [0.2, 0.25) is 0 Å². The van der Waals surface area contributed by atoms with Crippen molar-refractivity contribution in [2.75, 3.05) is 0 Å². The van der Waals surface area contributed by atoms with Crippen LogP contribution < -0.4 is 0 Å². The van der Waals surface area contributed by atoms with Crippen molar-refractivity contribution in [3.8, 4) is 12.3 Å². The zero-order chi connectivity index (χ0) is 10.7. The highest BCUT2D eigenvalue weighted by molar-refractivity contribution is 7.19. The molecule has 0 rings (SSSR count). The molecule has 0 aliphatic heterocycles. The van der Waals surface area contributed by atoms with Crippen LogP contribution in [0, 0.1) is 23.7 Å². The summed E-state index contributed by atoms with van der Waals surface area (Å²) in [4.78, 5) is 0. The number of hydrogen-bond donors (Lipinski definition) is 0. The van der Waals surface area contributed by atoms with Gasteiger partial charge in [0.2, 0.25) is 0 Å². The van der Waals surface area contributed by atoms with Crippen molar-refractivity contribution in [1.29, 1.82) is 0 Å². The predicted molar refractivity (Wildman–Crippen MR) is 64.8 cm³/mol. The van der Waals surface area contributed by atoms with Gasteiger partial charge in [-0.25, -0.2) is 0 Å². The van der Waals surface area contributed by atoms with Crippen LogP contribution in [0.25, 0.3) is 0 Å². The molecule has 0 aliphatic carbocycles. The average Bonchev–Trinajstić information content (AvgIpc) is 2.02. The molecule has 0 aromatic rings. The molecule has 3 unspecified atom stereocenters. The fraction of sp³-hybridized carbons (Fsp3) is 0.833. The van der Waals surface area contributed by atoms with E-state index in [2.05, 4.69) is 49.8 Å². The molecule has 0 amide bonds. The summed E-state index contributed by atoms with van der Waals surface area (Å²) in [7, 11) is 2.95. The monoisotopic (exact) mass is 198 g/mol. The van der Waals surface area contributed by atoms with E-state index in [0.29, 0.717) is 11.3 Å². The van der Waals surface area contributed by atoms with Crippen LogP contribution in [0.4, 0.5) is 0 Å². The highest BCUT2D eigenvalue weighted by Crippen LogP contribution is 2.48. The molecular formula is C12H23P. The molecule has 13 heavy (non-hydrogen) atoms. The van der Waals surface area contributed by atoms with Gasteiger partial charge in [-0.2, -0.15) is 0 Å². The lowest BCUT2D eigenvalue weighted by Gasteiger charge is -2.46. The maximum atomic E-state index is 5.40. The van der Waals surface area contributed by atoms with Gasteiger partial charge in [-0.1, -0.05) is 34.6 Å². The second-order valence-corrected chi connectivity index (χ2v) is 6.00. The van der Waals surface area contributed by atoms with Gasteiger partial charge >= 0.3 is 0 Å². The first-order chi connectivity index (χ1) is 5.81. The molecule has 76 valence electrons. The number of rotatable bonds is 4. The van der Waals surface area contributed by atoms with Crippen molar-refractivity contribution in [3.63, 3.8) is 0 Å². The van der Waals surface area contributed by atoms with Crippen LogP contribution in [-0.2, 0) is 0 Å². The molecule has 0 saturated heterocycles. The van der Waals surface area contributed by atoms with E-state index < -0.39 is 0 Å². The molecule has 0 aliphatic rings. The van der Waals surface area contributed by atoms with Gasteiger partial charge in [0.05, 0.1) is 0 Å². The number of hydrogen-bond acceptors (Lipinski definition) is 0. The zero-order valence-corrected chi connectivity index (χ0v) is 10.8. The summed E-state index contributed by atoms with van der Waals surface area (Å²) in [5, 5.41) is 0.157. The van der Waals surface area contributed by atoms with E-state index in [1.54, 1.807) is 0 Å². The van der Waals surface area contributed by atoms with Crippen molar-refractivity contribution in [1.82, 2.24) is 0 Å². The fourth-order valence-corrected chi connectivity index (χ4v) is 2.54. The second-order valence-electron chi connectivity index (χ2n) is 4.72. The molecule has 0 aromatic carbocycles. The highest BCUT2D eigenvalue weighted by Gasteiger charge is 2.41. The van der Waals surface area contributed by atoms with Gasteiger partial charge in [-0.15, -0.1) is 21.6 Å². The van der Waals surface area contributed by atoms with Crippen molar-refractivity contribution < 1.29 is 0 Å². The third-order valence-electron chi connectivity index (χ3n) is 3.78. The predicted octanol–water partition coefficient (Wildman–Crippen LogP) is 3.72. The first-order valence-corrected chi connectivity index (χ1v) is 5.62. The minimum Gasteiger partial charge on any atom is -0.130 e. The molecule has 0 fully saturated rings. The Hall–Kier alpha value is -0.0100. The largest absolute Gasteiger partial charge is 0.130 e. The fourth-order valence-electron chi connectivity index (χ4n) is 1.89. The first-order valence-electron chi connectivity index (χ1n) is 5.04. The summed E-state index contributed by atoms with van der Waals surface area (Å²) in [6.45, 7) is 11.4. The minimum atomic E-state index is 0.157. The highest BCUT2D eigenvalue weighted by atomic mass is 31.0. The lowest BCUT2D eigenvalue weighted by atomic mass is 9.66. The van der Waals surface area contributed by atoms with Gasteiger partial charge in [0.15, 0.2) is 0 Å². The molecule has 0 heterocycles. The maximum absolute atomic E-state index is 5.40. The van der Waals surface area contributed by atoms with Crippen LogP contribution in [0.3, 0.4) is 0 Å². The Kier molecular flexibility index (Phi) is 4.47. The molecule has 0 nitrogen and oxygen atoms in total. The molecule has 0 radical (unpaired) electrons. The molecule has 0 aromatic heterocycles. The van der Waals surface area contributed by atoms with Crippen molar-refractivity contribution in [2.45, 2.75) is 52.6 Å². The minimum absolute atomic E-state index is 0.157. The van der Waals surface area contributed by atoms with Gasteiger partial charge in [-0.3, -0.25) is 0 Å². The Balaban J connectivity index is 4.85. The van der Waals surface area contributed by atoms with E-state index in [1.165, 1.54) is 6.42 Å². The second kappa shape index (κ2) is 4.47. The van der Waals surface area contributed by atoms with E-state index in [4.69, 9.17) is 6.42 Å². The summed E-state index contributed by atoms with van der Waals surface area (Å²) in [6.07, 6.45) is 7.41. The van der Waals surface area contributed by atoms with Gasteiger partial charge < -0.3 is 0 Å². The molecule has 3 atom stereocenters. The van der Waals surface area contributed by atoms with E-state index >= 15 is 0 Å². The SMILES string of the molecule is C#CCC(C)(P)C(C)(CC)C(C)C. The lowest BCUT2D eigenvalue weighted by molar-refractivity contribution is 0.147. The zero-order valence-electron chi connectivity index (χ0n) is 9.65. The van der Waals surface area contributed by atoms with Crippen LogP contribution in [-0.4, -0.2) is 5.16 Å². The lowest BCUT2D eigenvalue weighted by Crippen LogP contribution is -2.42. The third-order valence-corrected chi connectivity index (χ3v) is 4.65. The van der Waals surface area contributed by atoms with Crippen LogP contribution in [0.15, 0.2) is 0 Å². The summed E-state index contributed by atoms with van der Waals surface area (Å²) < 4.78 is 0. The van der Waals surface area contributed by atoms with Gasteiger partial charge in [0, 0.05) is 6.42 Å². The van der Waals surface area contributed by atoms with Crippen molar-refractivity contribution in [3.05, 3.63) is 0 Å². The van der Waals surface area contributed by atoms with Crippen molar-refractivity contribution >= 4 is 9.24 Å². The molecule has 0 bridgehead atoms. The van der Waals surface area contributed by atoms with Crippen LogP contribution in [0.5, 0.6) is 0 Å².